The molecule has 0 heterocycles. The van der Waals surface area contributed by atoms with Gasteiger partial charge in [-0.15, -0.1) is 0 Å². The maximum atomic E-state index is 5.54. The highest BCUT2D eigenvalue weighted by atomic mass is 14.5. The summed E-state index contributed by atoms with van der Waals surface area (Å²) in [5.41, 5.74) is 7.09. The van der Waals surface area contributed by atoms with Gasteiger partial charge in [-0.3, -0.25) is 0 Å². The van der Waals surface area contributed by atoms with Gasteiger partial charge in [-0.05, 0) is 38.1 Å². The van der Waals surface area contributed by atoms with Gasteiger partial charge < -0.3 is 5.73 Å². The van der Waals surface area contributed by atoms with E-state index in [1.54, 1.807) is 5.57 Å². The maximum absolute atomic E-state index is 5.54. The molecule has 0 fully saturated rings. The van der Waals surface area contributed by atoms with Gasteiger partial charge in [-0.25, -0.2) is 0 Å². The second kappa shape index (κ2) is 6.61. The van der Waals surface area contributed by atoms with E-state index in [0.717, 1.165) is 19.4 Å². The summed E-state index contributed by atoms with van der Waals surface area (Å²) < 4.78 is 0. The Morgan fingerprint density at radius 1 is 1.50 bits per heavy atom. The molecule has 1 atom stereocenters. The van der Waals surface area contributed by atoms with Gasteiger partial charge in [0.1, 0.15) is 0 Å². The Kier molecular flexibility index (Phi) is 5.31. The molecule has 1 rings (SSSR count). The highest BCUT2D eigenvalue weighted by Crippen LogP contribution is 2.15. The van der Waals surface area contributed by atoms with Crippen molar-refractivity contribution in [3.8, 4) is 0 Å². The molecular weight excluding hydrogens is 170 g/mol. The fourth-order valence-electron chi connectivity index (χ4n) is 1.48. The molecule has 0 spiro atoms. The van der Waals surface area contributed by atoms with E-state index in [1.165, 1.54) is 12.8 Å². The molecule has 2 N–H and O–H groups in total. The molecule has 0 amide bonds. The molecule has 0 saturated carbocycles. The highest BCUT2D eigenvalue weighted by Gasteiger charge is 1.97. The number of hydrogen-bond acceptors (Lipinski definition) is 1. The van der Waals surface area contributed by atoms with Gasteiger partial charge in [-0.1, -0.05) is 42.9 Å². The zero-order valence-electron chi connectivity index (χ0n) is 9.08. The van der Waals surface area contributed by atoms with Crippen molar-refractivity contribution >= 4 is 0 Å². The van der Waals surface area contributed by atoms with Crippen LogP contribution >= 0.6 is 0 Å². The van der Waals surface area contributed by atoms with Gasteiger partial charge in [0.2, 0.25) is 0 Å². The summed E-state index contributed by atoms with van der Waals surface area (Å²) in [7, 11) is 0. The molecule has 0 radical (unpaired) electrons. The van der Waals surface area contributed by atoms with E-state index in [4.69, 9.17) is 5.73 Å². The highest BCUT2D eigenvalue weighted by molar-refractivity contribution is 5.19. The Morgan fingerprint density at radius 3 is 3.00 bits per heavy atom. The molecule has 0 saturated heterocycles. The molecule has 1 unspecified atom stereocenters. The average molecular weight is 191 g/mol. The molecule has 78 valence electrons. The van der Waals surface area contributed by atoms with Crippen LogP contribution in [0, 0.1) is 5.92 Å². The normalized spacial score (nSPS) is 18.6. The van der Waals surface area contributed by atoms with E-state index < -0.39 is 0 Å². The van der Waals surface area contributed by atoms with Gasteiger partial charge in [0.05, 0.1) is 0 Å². The third-order valence-corrected chi connectivity index (χ3v) is 2.59. The monoisotopic (exact) mass is 191 g/mol. The molecule has 1 aliphatic carbocycles. The first-order chi connectivity index (χ1) is 6.83. The fourth-order valence-corrected chi connectivity index (χ4v) is 1.48. The molecule has 0 aromatic carbocycles. The first-order valence-corrected chi connectivity index (χ1v) is 5.52. The lowest BCUT2D eigenvalue weighted by molar-refractivity contribution is 0.605. The van der Waals surface area contributed by atoms with Crippen LogP contribution in [0.5, 0.6) is 0 Å². The second-order valence-electron chi connectivity index (χ2n) is 4.04. The van der Waals surface area contributed by atoms with Crippen LogP contribution in [0.3, 0.4) is 0 Å². The van der Waals surface area contributed by atoms with Gasteiger partial charge in [-0.2, -0.15) is 0 Å². The van der Waals surface area contributed by atoms with E-state index >= 15 is 0 Å². The molecule has 14 heavy (non-hydrogen) atoms. The van der Waals surface area contributed by atoms with E-state index in [1.807, 2.05) is 0 Å². The van der Waals surface area contributed by atoms with E-state index in [-0.39, 0.29) is 0 Å². The van der Waals surface area contributed by atoms with Crippen LogP contribution in [0.15, 0.2) is 36.0 Å². The summed E-state index contributed by atoms with van der Waals surface area (Å²) >= 11 is 0. The van der Waals surface area contributed by atoms with Crippen molar-refractivity contribution in [2.75, 3.05) is 6.54 Å². The lowest BCUT2D eigenvalue weighted by Gasteiger charge is -2.06. The minimum Gasteiger partial charge on any atom is -0.330 e. The molecule has 0 aliphatic heterocycles. The van der Waals surface area contributed by atoms with E-state index in [9.17, 15) is 0 Å². The SMILES string of the molecule is CC(CN)C/C=C\CC1=CC=CCC1. The maximum Gasteiger partial charge on any atom is -0.00485 e. The van der Waals surface area contributed by atoms with Crippen molar-refractivity contribution in [3.05, 3.63) is 36.0 Å². The van der Waals surface area contributed by atoms with Gasteiger partial charge >= 0.3 is 0 Å². The van der Waals surface area contributed by atoms with Crippen LogP contribution in [-0.4, -0.2) is 6.54 Å². The minimum atomic E-state index is 0.617. The lowest BCUT2D eigenvalue weighted by Crippen LogP contribution is -2.09. The predicted octanol–water partition coefficient (Wildman–Crippen LogP) is 3.19. The Hall–Kier alpha value is -0.820. The predicted molar refractivity (Wildman–Crippen MR) is 63.0 cm³/mol. The topological polar surface area (TPSA) is 26.0 Å². The van der Waals surface area contributed by atoms with Crippen LogP contribution in [0.2, 0.25) is 0 Å². The lowest BCUT2D eigenvalue weighted by atomic mass is 10.0. The summed E-state index contributed by atoms with van der Waals surface area (Å²) in [6.45, 7) is 2.97. The van der Waals surface area contributed by atoms with Gasteiger partial charge in [0, 0.05) is 0 Å². The van der Waals surface area contributed by atoms with Crippen LogP contribution in [0.4, 0.5) is 0 Å². The first-order valence-electron chi connectivity index (χ1n) is 5.52. The number of allylic oxidation sites excluding steroid dienone is 6. The largest absolute Gasteiger partial charge is 0.330 e. The zero-order valence-corrected chi connectivity index (χ0v) is 9.08. The molecule has 0 bridgehead atoms. The Morgan fingerprint density at radius 2 is 2.36 bits per heavy atom. The summed E-state index contributed by atoms with van der Waals surface area (Å²) in [6.07, 6.45) is 15.8. The van der Waals surface area contributed by atoms with Gasteiger partial charge in [0.25, 0.3) is 0 Å². The average Bonchev–Trinajstić information content (AvgIpc) is 2.25. The van der Waals surface area contributed by atoms with Crippen LogP contribution in [0.25, 0.3) is 0 Å². The van der Waals surface area contributed by atoms with E-state index in [0.29, 0.717) is 5.92 Å². The fraction of sp³-hybridized carbons (Fsp3) is 0.538. The van der Waals surface area contributed by atoms with Crippen molar-refractivity contribution in [2.45, 2.75) is 32.6 Å². The standard InChI is InChI=1S/C13H21N/c1-12(11-14)7-5-6-10-13-8-3-2-4-9-13/h2-3,5-6,8,12H,4,7,9-11,14H2,1H3/b6-5-. The molecule has 0 aromatic rings. The van der Waals surface area contributed by atoms with Gasteiger partial charge in [0.15, 0.2) is 0 Å². The summed E-state index contributed by atoms with van der Waals surface area (Å²) in [6, 6.07) is 0. The number of rotatable bonds is 5. The smallest absolute Gasteiger partial charge is 0.00485 e. The second-order valence-corrected chi connectivity index (χ2v) is 4.04. The molecular formula is C13H21N. The first kappa shape index (κ1) is 11.3. The molecule has 1 heteroatoms. The summed E-state index contributed by atoms with van der Waals surface area (Å²) in [5.74, 6) is 0.617. The van der Waals surface area contributed by atoms with Crippen LogP contribution in [0.1, 0.15) is 32.6 Å². The minimum absolute atomic E-state index is 0.617. The van der Waals surface area contributed by atoms with Crippen molar-refractivity contribution in [1.29, 1.82) is 0 Å². The van der Waals surface area contributed by atoms with E-state index in [2.05, 4.69) is 37.3 Å². The van der Waals surface area contributed by atoms with Crippen molar-refractivity contribution in [2.24, 2.45) is 11.7 Å². The summed E-state index contributed by atoms with van der Waals surface area (Å²) in [4.78, 5) is 0. The summed E-state index contributed by atoms with van der Waals surface area (Å²) in [5, 5.41) is 0. The Labute approximate surface area is 87.4 Å². The zero-order chi connectivity index (χ0) is 10.2. The van der Waals surface area contributed by atoms with Crippen molar-refractivity contribution in [3.63, 3.8) is 0 Å². The Balaban J connectivity index is 2.19. The molecule has 1 aliphatic rings. The van der Waals surface area contributed by atoms with Crippen LogP contribution < -0.4 is 5.73 Å². The van der Waals surface area contributed by atoms with Crippen molar-refractivity contribution in [1.82, 2.24) is 0 Å². The number of hydrogen-bond donors (Lipinski definition) is 1. The Bertz CT molecular complexity index is 236. The third kappa shape index (κ3) is 4.43. The number of nitrogens with two attached hydrogens (primary N) is 1. The van der Waals surface area contributed by atoms with Crippen molar-refractivity contribution < 1.29 is 0 Å². The van der Waals surface area contributed by atoms with Crippen LogP contribution in [-0.2, 0) is 0 Å². The quantitative estimate of drug-likeness (QED) is 0.663. The third-order valence-electron chi connectivity index (χ3n) is 2.59. The molecule has 0 aromatic heterocycles. The molecule has 1 nitrogen and oxygen atoms in total.